The molecule has 8 nitrogen and oxygen atoms in total. The average Bonchev–Trinajstić information content (AvgIpc) is 3.22. The van der Waals surface area contributed by atoms with Crippen LogP contribution in [0.25, 0.3) is 33.5 Å². The maximum Gasteiger partial charge on any atom is 0.245 e. The summed E-state index contributed by atoms with van der Waals surface area (Å²) < 4.78 is 1.83. The van der Waals surface area contributed by atoms with Crippen LogP contribution in [-0.2, 0) is 11.3 Å². The number of aromatic nitrogens is 6. The lowest BCUT2D eigenvalue weighted by atomic mass is 10.0. The van der Waals surface area contributed by atoms with Crippen molar-refractivity contribution in [2.75, 3.05) is 5.32 Å². The van der Waals surface area contributed by atoms with Gasteiger partial charge in [-0.05, 0) is 54.4 Å². The molecule has 8 heteroatoms. The molecule has 0 unspecified atom stereocenters. The quantitative estimate of drug-likeness (QED) is 0.462. The first-order valence-electron chi connectivity index (χ1n) is 10.1. The molecule has 0 aliphatic rings. The van der Waals surface area contributed by atoms with Crippen LogP contribution in [-0.4, -0.2) is 35.4 Å². The Morgan fingerprint density at radius 3 is 2.72 bits per heavy atom. The van der Waals surface area contributed by atoms with Crippen LogP contribution in [0.5, 0.6) is 0 Å². The number of carbonyl (C=O) groups excluding carboxylic acids is 1. The Morgan fingerprint density at radius 1 is 0.969 bits per heavy atom. The molecule has 5 heterocycles. The summed E-state index contributed by atoms with van der Waals surface area (Å²) >= 11 is 0. The zero-order valence-electron chi connectivity index (χ0n) is 17.3. The Balaban J connectivity index is 1.38. The topological polar surface area (TPSA) is 98.5 Å². The number of nitrogens with one attached hydrogen (secondary N) is 1. The molecule has 0 radical (unpaired) electrons. The van der Waals surface area contributed by atoms with Gasteiger partial charge in [-0.3, -0.25) is 19.7 Å². The summed E-state index contributed by atoms with van der Waals surface area (Å²) in [5, 5.41) is 3.83. The minimum Gasteiger partial charge on any atom is -0.323 e. The van der Waals surface area contributed by atoms with Gasteiger partial charge < -0.3 is 9.88 Å². The number of aryl methyl sites for hydroxylation is 1. The summed E-state index contributed by atoms with van der Waals surface area (Å²) in [6.07, 6.45) is 10.3. The Bertz CT molecular complexity index is 1410. The fourth-order valence-electron chi connectivity index (χ4n) is 3.60. The van der Waals surface area contributed by atoms with Crippen molar-refractivity contribution in [3.63, 3.8) is 0 Å². The maximum atomic E-state index is 12.7. The Hall–Kier alpha value is -4.46. The molecule has 0 atom stereocenters. The highest BCUT2D eigenvalue weighted by molar-refractivity contribution is 5.95. The molecule has 0 saturated carbocycles. The number of fused-ring (bicyclic) bond motifs is 1. The van der Waals surface area contributed by atoms with Gasteiger partial charge in [-0.15, -0.1) is 0 Å². The van der Waals surface area contributed by atoms with E-state index in [9.17, 15) is 4.79 Å². The third-order valence-electron chi connectivity index (χ3n) is 5.03. The van der Waals surface area contributed by atoms with Gasteiger partial charge in [0.2, 0.25) is 5.91 Å². The van der Waals surface area contributed by atoms with Gasteiger partial charge in [-0.25, -0.2) is 9.97 Å². The largest absolute Gasteiger partial charge is 0.323 e. The van der Waals surface area contributed by atoms with Crippen LogP contribution < -0.4 is 5.32 Å². The van der Waals surface area contributed by atoms with Gasteiger partial charge in [0.05, 0.1) is 11.9 Å². The lowest BCUT2D eigenvalue weighted by molar-refractivity contribution is -0.116. The van der Waals surface area contributed by atoms with Gasteiger partial charge in [0.15, 0.2) is 0 Å². The molecule has 1 amide bonds. The van der Waals surface area contributed by atoms with Crippen LogP contribution >= 0.6 is 0 Å². The van der Waals surface area contributed by atoms with E-state index in [1.165, 1.54) is 0 Å². The van der Waals surface area contributed by atoms with Crippen LogP contribution in [0, 0.1) is 6.92 Å². The Morgan fingerprint density at radius 2 is 1.88 bits per heavy atom. The molecular formula is C24H19N7O. The summed E-state index contributed by atoms with van der Waals surface area (Å²) in [4.78, 5) is 34.3. The third kappa shape index (κ3) is 3.93. The highest BCUT2D eigenvalue weighted by Crippen LogP contribution is 2.28. The van der Waals surface area contributed by atoms with E-state index in [4.69, 9.17) is 0 Å². The molecule has 5 rings (SSSR count). The minimum absolute atomic E-state index is 0.117. The zero-order chi connectivity index (χ0) is 21.9. The van der Waals surface area contributed by atoms with E-state index in [0.717, 1.165) is 27.9 Å². The van der Waals surface area contributed by atoms with E-state index in [-0.39, 0.29) is 12.5 Å². The van der Waals surface area contributed by atoms with E-state index in [1.807, 2.05) is 54.1 Å². The predicted molar refractivity (Wildman–Crippen MR) is 122 cm³/mol. The van der Waals surface area contributed by atoms with Gasteiger partial charge in [0.25, 0.3) is 0 Å². The normalized spacial score (nSPS) is 10.9. The van der Waals surface area contributed by atoms with Crippen LogP contribution in [0.15, 0.2) is 79.6 Å². The second-order valence-corrected chi connectivity index (χ2v) is 7.27. The lowest BCUT2D eigenvalue weighted by Gasteiger charge is -2.09. The second-order valence-electron chi connectivity index (χ2n) is 7.27. The van der Waals surface area contributed by atoms with Crippen molar-refractivity contribution < 1.29 is 4.79 Å². The number of rotatable bonds is 5. The van der Waals surface area contributed by atoms with Gasteiger partial charge in [0.1, 0.15) is 23.7 Å². The maximum absolute atomic E-state index is 12.7. The van der Waals surface area contributed by atoms with Gasteiger partial charge in [0, 0.05) is 42.1 Å². The van der Waals surface area contributed by atoms with Crippen molar-refractivity contribution in [2.24, 2.45) is 0 Å². The van der Waals surface area contributed by atoms with E-state index in [2.05, 4.69) is 30.2 Å². The molecule has 0 spiro atoms. The van der Waals surface area contributed by atoms with E-state index in [0.29, 0.717) is 17.2 Å². The van der Waals surface area contributed by atoms with Crippen LogP contribution in [0.2, 0.25) is 0 Å². The molecule has 0 aromatic carbocycles. The fraction of sp³-hybridized carbons (Fsp3) is 0.0833. The highest BCUT2D eigenvalue weighted by atomic mass is 16.2. The molecular weight excluding hydrogens is 402 g/mol. The third-order valence-corrected chi connectivity index (χ3v) is 5.03. The highest BCUT2D eigenvalue weighted by Gasteiger charge is 2.12. The molecule has 32 heavy (non-hydrogen) atoms. The first-order chi connectivity index (χ1) is 15.7. The van der Waals surface area contributed by atoms with Gasteiger partial charge >= 0.3 is 0 Å². The molecule has 0 aliphatic heterocycles. The monoisotopic (exact) mass is 421 g/mol. The van der Waals surface area contributed by atoms with Crippen LogP contribution in [0.1, 0.15) is 5.69 Å². The van der Waals surface area contributed by atoms with Crippen molar-refractivity contribution in [2.45, 2.75) is 13.5 Å². The smallest absolute Gasteiger partial charge is 0.245 e. The second kappa shape index (κ2) is 8.35. The van der Waals surface area contributed by atoms with Crippen molar-refractivity contribution in [3.8, 4) is 22.5 Å². The van der Waals surface area contributed by atoms with E-state index >= 15 is 0 Å². The van der Waals surface area contributed by atoms with Crippen LogP contribution in [0.3, 0.4) is 0 Å². The number of hydrogen-bond acceptors (Lipinski definition) is 6. The molecule has 156 valence electrons. The number of amides is 1. The number of pyridine rings is 3. The molecule has 1 N–H and O–H groups in total. The van der Waals surface area contributed by atoms with Crippen LogP contribution in [0.4, 0.5) is 5.82 Å². The summed E-state index contributed by atoms with van der Waals surface area (Å²) in [5.74, 6) is 0.258. The number of nitrogens with zero attached hydrogens (tertiary/aromatic N) is 6. The van der Waals surface area contributed by atoms with Crippen molar-refractivity contribution in [1.82, 2.24) is 29.5 Å². The molecule has 5 aromatic rings. The SMILES string of the molecule is Cc1cc(-c2ccnc3c2ccn3CC(=O)Nc2cccc(-c3cnccn3)n2)ccn1. The van der Waals surface area contributed by atoms with Crippen molar-refractivity contribution in [3.05, 3.63) is 85.3 Å². The molecule has 0 fully saturated rings. The van der Waals surface area contributed by atoms with Gasteiger partial charge in [-0.1, -0.05) is 6.07 Å². The van der Waals surface area contributed by atoms with Crippen molar-refractivity contribution >= 4 is 22.8 Å². The van der Waals surface area contributed by atoms with E-state index in [1.54, 1.807) is 37.1 Å². The summed E-state index contributed by atoms with van der Waals surface area (Å²) in [7, 11) is 0. The van der Waals surface area contributed by atoms with Crippen molar-refractivity contribution in [1.29, 1.82) is 0 Å². The number of carbonyl (C=O) groups is 1. The van der Waals surface area contributed by atoms with E-state index < -0.39 is 0 Å². The fourth-order valence-corrected chi connectivity index (χ4v) is 3.60. The van der Waals surface area contributed by atoms with Gasteiger partial charge in [-0.2, -0.15) is 0 Å². The molecule has 0 bridgehead atoms. The minimum atomic E-state index is -0.196. The molecule has 5 aromatic heterocycles. The summed E-state index contributed by atoms with van der Waals surface area (Å²) in [5.41, 5.74) is 5.09. The predicted octanol–water partition coefficient (Wildman–Crippen LogP) is 3.90. The number of hydrogen-bond donors (Lipinski definition) is 1. The number of anilines is 1. The molecule has 0 saturated heterocycles. The first-order valence-corrected chi connectivity index (χ1v) is 10.1. The Kier molecular flexibility index (Phi) is 5.09. The first kappa shape index (κ1) is 19.5. The summed E-state index contributed by atoms with van der Waals surface area (Å²) in [6, 6.07) is 13.4. The summed E-state index contributed by atoms with van der Waals surface area (Å²) in [6.45, 7) is 2.08. The molecule has 0 aliphatic carbocycles. The lowest BCUT2D eigenvalue weighted by Crippen LogP contribution is -2.19. The standard InChI is InChI=1S/C24H19N7O/c1-16-13-17(5-8-26-16)18-6-9-28-24-19(18)7-12-31(24)15-23(32)30-22-4-2-3-20(29-22)21-14-25-10-11-27-21/h2-14H,15H2,1H3,(H,29,30,32). The zero-order valence-corrected chi connectivity index (χ0v) is 17.3. The average molecular weight is 421 g/mol. The Labute approximate surface area is 184 Å².